The van der Waals surface area contributed by atoms with E-state index in [0.717, 1.165) is 17.3 Å². The fourth-order valence-electron chi connectivity index (χ4n) is 2.65. The molecule has 1 amide bonds. The molecule has 0 bridgehead atoms. The van der Waals surface area contributed by atoms with E-state index in [2.05, 4.69) is 20.3 Å². The molecule has 3 aromatic heterocycles. The molecule has 0 aliphatic carbocycles. The van der Waals surface area contributed by atoms with E-state index in [1.165, 1.54) is 35.7 Å². The van der Waals surface area contributed by atoms with Crippen molar-refractivity contribution in [2.45, 2.75) is 5.16 Å². The van der Waals surface area contributed by atoms with Crippen molar-refractivity contribution in [2.24, 2.45) is 0 Å². The number of pyridine rings is 1. The summed E-state index contributed by atoms with van der Waals surface area (Å²) in [4.78, 5) is 36.4. The molecule has 6 nitrogen and oxygen atoms in total. The van der Waals surface area contributed by atoms with Crippen molar-refractivity contribution in [1.82, 2.24) is 15.0 Å². The van der Waals surface area contributed by atoms with Gasteiger partial charge in [-0.2, -0.15) is 0 Å². The summed E-state index contributed by atoms with van der Waals surface area (Å²) in [6.45, 7) is 0. The number of hydrogen-bond donors (Lipinski definition) is 2. The third kappa shape index (κ3) is 4.49. The van der Waals surface area contributed by atoms with Crippen LogP contribution in [0.15, 0.2) is 51.9 Å². The van der Waals surface area contributed by atoms with Gasteiger partial charge in [-0.25, -0.2) is 14.4 Å². The number of carbonyl (C=O) groups is 1. The number of fused-ring (bicyclic) bond motifs is 1. The van der Waals surface area contributed by atoms with Crippen LogP contribution in [0.3, 0.4) is 0 Å². The van der Waals surface area contributed by atoms with Crippen molar-refractivity contribution >= 4 is 68.2 Å². The van der Waals surface area contributed by atoms with E-state index in [1.54, 1.807) is 17.5 Å². The summed E-state index contributed by atoms with van der Waals surface area (Å²) >= 11 is 14.2. The molecular formula is C19H11Cl2FN4O2S2. The molecule has 0 atom stereocenters. The Morgan fingerprint density at radius 3 is 2.77 bits per heavy atom. The van der Waals surface area contributed by atoms with Gasteiger partial charge in [0.15, 0.2) is 11.0 Å². The molecule has 30 heavy (non-hydrogen) atoms. The van der Waals surface area contributed by atoms with Crippen LogP contribution in [0.25, 0.3) is 21.3 Å². The molecule has 0 unspecified atom stereocenters. The minimum absolute atomic E-state index is 0.00865. The lowest BCUT2D eigenvalue weighted by Gasteiger charge is -2.06. The standard InChI is InChI=1S/C19H11Cl2FN4O2S2/c20-10-5-13(21)16(23-6-10)24-14(27)8-30-19-25-17(28)15-12(7-29-18(15)26-19)9-1-3-11(22)4-2-9/h1-7H,8H2,(H,23,24,27)(H,25,26,28). The lowest BCUT2D eigenvalue weighted by Crippen LogP contribution is -2.16. The van der Waals surface area contributed by atoms with Crippen LogP contribution in [0, 0.1) is 5.82 Å². The number of hydrogen-bond acceptors (Lipinski definition) is 6. The molecule has 152 valence electrons. The fraction of sp³-hybridized carbons (Fsp3) is 0.0526. The number of amides is 1. The number of halogens is 3. The Kier molecular flexibility index (Phi) is 6.05. The highest BCUT2D eigenvalue weighted by Crippen LogP contribution is 2.31. The average Bonchev–Trinajstić information content (AvgIpc) is 3.14. The summed E-state index contributed by atoms with van der Waals surface area (Å²) in [6, 6.07) is 7.37. The zero-order chi connectivity index (χ0) is 21.3. The number of thioether (sulfide) groups is 1. The number of nitrogens with one attached hydrogen (secondary N) is 2. The molecular weight excluding hydrogens is 470 g/mol. The minimum atomic E-state index is -0.363. The highest BCUT2D eigenvalue weighted by Gasteiger charge is 2.15. The summed E-state index contributed by atoms with van der Waals surface area (Å²) in [5, 5.41) is 5.70. The Labute approximate surface area is 187 Å². The van der Waals surface area contributed by atoms with Crippen LogP contribution in [-0.2, 0) is 4.79 Å². The lowest BCUT2D eigenvalue weighted by atomic mass is 10.1. The second-order valence-electron chi connectivity index (χ2n) is 6.03. The Balaban J connectivity index is 1.51. The maximum atomic E-state index is 13.2. The number of aromatic nitrogens is 3. The van der Waals surface area contributed by atoms with Gasteiger partial charge in [0.2, 0.25) is 5.91 Å². The zero-order valence-corrected chi connectivity index (χ0v) is 18.1. The first-order chi connectivity index (χ1) is 14.4. The third-order valence-corrected chi connectivity index (χ3v) is 6.22. The van der Waals surface area contributed by atoms with Crippen LogP contribution in [0.4, 0.5) is 10.2 Å². The Bertz CT molecular complexity index is 1310. The van der Waals surface area contributed by atoms with E-state index in [1.807, 2.05) is 0 Å². The van der Waals surface area contributed by atoms with Gasteiger partial charge in [-0.3, -0.25) is 9.59 Å². The summed E-state index contributed by atoms with van der Waals surface area (Å²) in [7, 11) is 0. The summed E-state index contributed by atoms with van der Waals surface area (Å²) in [5.74, 6) is -0.522. The first kappa shape index (κ1) is 20.8. The monoisotopic (exact) mass is 480 g/mol. The van der Waals surface area contributed by atoms with Crippen LogP contribution in [-0.4, -0.2) is 26.6 Å². The molecule has 0 spiro atoms. The van der Waals surface area contributed by atoms with Crippen LogP contribution in [0.2, 0.25) is 10.0 Å². The van der Waals surface area contributed by atoms with Gasteiger partial charge in [0, 0.05) is 17.1 Å². The first-order valence-corrected chi connectivity index (χ1v) is 11.0. The minimum Gasteiger partial charge on any atom is -0.309 e. The Morgan fingerprint density at radius 1 is 1.27 bits per heavy atom. The first-order valence-electron chi connectivity index (χ1n) is 8.42. The van der Waals surface area contributed by atoms with Gasteiger partial charge in [0.25, 0.3) is 5.56 Å². The van der Waals surface area contributed by atoms with E-state index in [9.17, 15) is 14.0 Å². The van der Waals surface area contributed by atoms with E-state index >= 15 is 0 Å². The quantitative estimate of drug-likeness (QED) is 0.301. The second-order valence-corrected chi connectivity index (χ2v) is 8.69. The number of thiophene rings is 1. The molecule has 2 N–H and O–H groups in total. The predicted octanol–water partition coefficient (Wildman–Crippen LogP) is 5.22. The largest absolute Gasteiger partial charge is 0.309 e. The zero-order valence-electron chi connectivity index (χ0n) is 14.9. The van der Waals surface area contributed by atoms with E-state index < -0.39 is 0 Å². The fourth-order valence-corrected chi connectivity index (χ4v) is 4.74. The number of anilines is 1. The highest BCUT2D eigenvalue weighted by atomic mass is 35.5. The maximum absolute atomic E-state index is 13.2. The van der Waals surface area contributed by atoms with Gasteiger partial charge in [-0.1, -0.05) is 47.1 Å². The number of aromatic amines is 1. The smallest absolute Gasteiger partial charge is 0.260 e. The SMILES string of the molecule is O=C(CSc1nc2scc(-c3ccc(F)cc3)c2c(=O)[nH]1)Nc1ncc(Cl)cc1Cl. The van der Waals surface area contributed by atoms with Gasteiger partial charge < -0.3 is 10.3 Å². The number of carbonyl (C=O) groups excluding carboxylic acids is 1. The number of H-pyrrole nitrogens is 1. The molecule has 1 aromatic carbocycles. The van der Waals surface area contributed by atoms with Crippen LogP contribution in [0.1, 0.15) is 0 Å². The van der Waals surface area contributed by atoms with Crippen molar-refractivity contribution in [3.8, 4) is 11.1 Å². The third-order valence-electron chi connectivity index (χ3n) is 3.98. The molecule has 0 saturated carbocycles. The van der Waals surface area contributed by atoms with Gasteiger partial charge in [-0.15, -0.1) is 11.3 Å². The highest BCUT2D eigenvalue weighted by molar-refractivity contribution is 7.99. The number of nitrogens with zero attached hydrogens (tertiary/aromatic N) is 2. The maximum Gasteiger partial charge on any atom is 0.260 e. The topological polar surface area (TPSA) is 87.7 Å². The van der Waals surface area contributed by atoms with Crippen molar-refractivity contribution in [3.05, 3.63) is 68.1 Å². The molecule has 4 rings (SSSR count). The average molecular weight is 481 g/mol. The summed E-state index contributed by atoms with van der Waals surface area (Å²) < 4.78 is 13.2. The molecule has 0 saturated heterocycles. The Morgan fingerprint density at radius 2 is 2.03 bits per heavy atom. The molecule has 11 heteroatoms. The Hall–Kier alpha value is -2.46. The molecule has 4 aromatic rings. The van der Waals surface area contributed by atoms with Gasteiger partial charge >= 0.3 is 0 Å². The second kappa shape index (κ2) is 8.73. The predicted molar refractivity (Wildman–Crippen MR) is 119 cm³/mol. The molecule has 0 aliphatic heterocycles. The van der Waals surface area contributed by atoms with E-state index in [4.69, 9.17) is 23.2 Å². The van der Waals surface area contributed by atoms with Crippen molar-refractivity contribution in [1.29, 1.82) is 0 Å². The molecule has 0 aliphatic rings. The number of benzene rings is 1. The normalized spacial score (nSPS) is 11.0. The van der Waals surface area contributed by atoms with Gasteiger partial charge in [0.05, 0.1) is 21.2 Å². The summed E-state index contributed by atoms with van der Waals surface area (Å²) in [6.07, 6.45) is 1.37. The van der Waals surface area contributed by atoms with Gasteiger partial charge in [-0.05, 0) is 23.8 Å². The number of rotatable bonds is 5. The molecule has 0 fully saturated rings. The van der Waals surface area contributed by atoms with Crippen LogP contribution in [0.5, 0.6) is 0 Å². The summed E-state index contributed by atoms with van der Waals surface area (Å²) in [5.41, 5.74) is 1.08. The van der Waals surface area contributed by atoms with Crippen molar-refractivity contribution in [3.63, 3.8) is 0 Å². The van der Waals surface area contributed by atoms with Crippen LogP contribution < -0.4 is 10.9 Å². The van der Waals surface area contributed by atoms with Crippen LogP contribution >= 0.6 is 46.3 Å². The van der Waals surface area contributed by atoms with E-state index in [-0.39, 0.29) is 33.9 Å². The molecule has 3 heterocycles. The van der Waals surface area contributed by atoms with Crippen molar-refractivity contribution < 1.29 is 9.18 Å². The van der Waals surface area contributed by atoms with Gasteiger partial charge in [0.1, 0.15) is 10.6 Å². The lowest BCUT2D eigenvalue weighted by molar-refractivity contribution is -0.113. The van der Waals surface area contributed by atoms with E-state index in [0.29, 0.717) is 26.0 Å². The van der Waals surface area contributed by atoms with Crippen molar-refractivity contribution in [2.75, 3.05) is 11.1 Å². The molecule has 0 radical (unpaired) electrons.